The number of carboxylic acids is 1. The summed E-state index contributed by atoms with van der Waals surface area (Å²) in [6.45, 7) is 6.63. The van der Waals surface area contributed by atoms with Crippen LogP contribution >= 0.6 is 0 Å². The monoisotopic (exact) mass is 478 g/mol. The van der Waals surface area contributed by atoms with E-state index < -0.39 is 23.5 Å². The number of nitrogens with zero attached hydrogens (tertiary/aromatic N) is 1. The predicted molar refractivity (Wildman–Crippen MR) is 133 cm³/mol. The Morgan fingerprint density at radius 2 is 1.57 bits per heavy atom. The van der Waals surface area contributed by atoms with Crippen molar-refractivity contribution in [1.29, 1.82) is 0 Å². The van der Waals surface area contributed by atoms with Gasteiger partial charge < -0.3 is 20.1 Å². The summed E-state index contributed by atoms with van der Waals surface area (Å²) in [6, 6.07) is 15.6. The SMILES string of the molecule is CC(C)C[C@@H](NC(=O)OCC1c2ccccc2-c2ccccc21)C(=O)N1CCC(C)(C(=O)O)CC1. The van der Waals surface area contributed by atoms with Crippen molar-refractivity contribution in [3.05, 3.63) is 59.7 Å². The molecule has 7 heteroatoms. The second-order valence-corrected chi connectivity index (χ2v) is 10.3. The number of hydrogen-bond donors (Lipinski definition) is 2. The number of aliphatic carboxylic acids is 1. The first-order chi connectivity index (χ1) is 16.7. The highest BCUT2D eigenvalue weighted by Crippen LogP contribution is 2.44. The molecule has 1 fully saturated rings. The van der Waals surface area contributed by atoms with Crippen molar-refractivity contribution in [2.45, 2.75) is 52.0 Å². The minimum Gasteiger partial charge on any atom is -0.481 e. The molecule has 0 saturated carbocycles. The number of carbonyl (C=O) groups excluding carboxylic acids is 2. The molecular formula is C28H34N2O5. The number of alkyl carbamates (subject to hydrolysis) is 1. The third kappa shape index (κ3) is 5.19. The molecule has 1 aliphatic heterocycles. The van der Waals surface area contributed by atoms with E-state index in [9.17, 15) is 19.5 Å². The summed E-state index contributed by atoms with van der Waals surface area (Å²) in [5.41, 5.74) is 3.76. The number of benzene rings is 2. The molecule has 186 valence electrons. The van der Waals surface area contributed by atoms with Gasteiger partial charge >= 0.3 is 12.1 Å². The summed E-state index contributed by atoms with van der Waals surface area (Å²) < 4.78 is 5.66. The van der Waals surface area contributed by atoms with Gasteiger partial charge in [-0.05, 0) is 54.4 Å². The molecule has 0 unspecified atom stereocenters. The molecule has 0 bridgehead atoms. The van der Waals surface area contributed by atoms with E-state index in [0.717, 1.165) is 22.3 Å². The molecule has 0 radical (unpaired) electrons. The maximum atomic E-state index is 13.2. The fourth-order valence-corrected chi connectivity index (χ4v) is 5.13. The summed E-state index contributed by atoms with van der Waals surface area (Å²) in [6.07, 6.45) is 0.662. The van der Waals surface area contributed by atoms with Crippen LogP contribution in [0.15, 0.2) is 48.5 Å². The van der Waals surface area contributed by atoms with Crippen LogP contribution in [0.1, 0.15) is 57.1 Å². The van der Waals surface area contributed by atoms with Gasteiger partial charge in [-0.3, -0.25) is 9.59 Å². The van der Waals surface area contributed by atoms with Crippen LogP contribution in [-0.4, -0.2) is 53.7 Å². The number of carboxylic acid groups (broad SMARTS) is 1. The number of nitrogens with one attached hydrogen (secondary N) is 1. The molecule has 7 nitrogen and oxygen atoms in total. The lowest BCUT2D eigenvalue weighted by atomic mass is 9.80. The summed E-state index contributed by atoms with van der Waals surface area (Å²) in [4.78, 5) is 39.3. The van der Waals surface area contributed by atoms with Gasteiger partial charge in [-0.2, -0.15) is 0 Å². The van der Waals surface area contributed by atoms with Gasteiger partial charge in [0.05, 0.1) is 5.41 Å². The Balaban J connectivity index is 1.40. The van der Waals surface area contributed by atoms with E-state index in [-0.39, 0.29) is 24.3 Å². The number of rotatable bonds is 7. The first kappa shape index (κ1) is 24.8. The summed E-state index contributed by atoms with van der Waals surface area (Å²) in [5, 5.41) is 12.3. The molecule has 0 spiro atoms. The molecule has 2 aromatic rings. The lowest BCUT2D eigenvalue weighted by Crippen LogP contribution is -2.53. The predicted octanol–water partition coefficient (Wildman–Crippen LogP) is 4.65. The van der Waals surface area contributed by atoms with Gasteiger partial charge in [0, 0.05) is 19.0 Å². The first-order valence-corrected chi connectivity index (χ1v) is 12.3. The van der Waals surface area contributed by atoms with Crippen LogP contribution in [0.4, 0.5) is 4.79 Å². The molecule has 1 aliphatic carbocycles. The van der Waals surface area contributed by atoms with Gasteiger partial charge in [0.25, 0.3) is 0 Å². The summed E-state index contributed by atoms with van der Waals surface area (Å²) >= 11 is 0. The number of hydrogen-bond acceptors (Lipinski definition) is 4. The number of likely N-dealkylation sites (tertiary alicyclic amines) is 1. The van der Waals surface area contributed by atoms with Crippen LogP contribution in [0.5, 0.6) is 0 Å². The number of ether oxygens (including phenoxy) is 1. The summed E-state index contributed by atoms with van der Waals surface area (Å²) in [5.74, 6) is -0.880. The van der Waals surface area contributed by atoms with E-state index in [4.69, 9.17) is 4.74 Å². The average molecular weight is 479 g/mol. The minimum absolute atomic E-state index is 0.0526. The third-order valence-electron chi connectivity index (χ3n) is 7.34. The summed E-state index contributed by atoms with van der Waals surface area (Å²) in [7, 11) is 0. The van der Waals surface area contributed by atoms with Crippen LogP contribution < -0.4 is 5.32 Å². The van der Waals surface area contributed by atoms with Crippen LogP contribution in [0.3, 0.4) is 0 Å². The van der Waals surface area contributed by atoms with E-state index in [2.05, 4.69) is 29.6 Å². The Hall–Kier alpha value is -3.35. The Kier molecular flexibility index (Phi) is 7.15. The molecule has 1 heterocycles. The second kappa shape index (κ2) is 10.1. The highest BCUT2D eigenvalue weighted by atomic mass is 16.5. The van der Waals surface area contributed by atoms with Gasteiger partial charge in [-0.15, -0.1) is 0 Å². The van der Waals surface area contributed by atoms with E-state index >= 15 is 0 Å². The molecule has 2 aromatic carbocycles. The lowest BCUT2D eigenvalue weighted by Gasteiger charge is -2.38. The topological polar surface area (TPSA) is 95.9 Å². The van der Waals surface area contributed by atoms with Gasteiger partial charge in [0.15, 0.2) is 0 Å². The second-order valence-electron chi connectivity index (χ2n) is 10.3. The fraction of sp³-hybridized carbons (Fsp3) is 0.464. The Morgan fingerprint density at radius 3 is 2.09 bits per heavy atom. The number of carbonyl (C=O) groups is 3. The van der Waals surface area contributed by atoms with Crippen molar-refractivity contribution in [1.82, 2.24) is 10.2 Å². The standard InChI is InChI=1S/C28H34N2O5/c1-18(2)16-24(25(31)30-14-12-28(3,13-15-30)26(32)33)29-27(34)35-17-23-21-10-6-4-8-19(21)20-9-5-7-11-22(20)23/h4-11,18,23-24H,12-17H2,1-3H3,(H,29,34)(H,32,33)/t24-/m1/s1. The molecule has 1 atom stereocenters. The molecule has 2 N–H and O–H groups in total. The molecule has 0 aromatic heterocycles. The van der Waals surface area contributed by atoms with Crippen LogP contribution in [0.2, 0.25) is 0 Å². The van der Waals surface area contributed by atoms with E-state index in [1.165, 1.54) is 0 Å². The van der Waals surface area contributed by atoms with Crippen molar-refractivity contribution < 1.29 is 24.2 Å². The maximum absolute atomic E-state index is 13.2. The normalized spacial score (nSPS) is 17.4. The Labute approximate surface area is 206 Å². The smallest absolute Gasteiger partial charge is 0.407 e. The molecule has 4 rings (SSSR count). The van der Waals surface area contributed by atoms with Crippen LogP contribution in [0, 0.1) is 11.3 Å². The molecule has 2 aliphatic rings. The quantitative estimate of drug-likeness (QED) is 0.604. The van der Waals surface area contributed by atoms with Crippen LogP contribution in [-0.2, 0) is 14.3 Å². The van der Waals surface area contributed by atoms with E-state index in [1.54, 1.807) is 11.8 Å². The zero-order valence-electron chi connectivity index (χ0n) is 20.6. The van der Waals surface area contributed by atoms with Crippen molar-refractivity contribution >= 4 is 18.0 Å². The van der Waals surface area contributed by atoms with Gasteiger partial charge in [0.2, 0.25) is 5.91 Å². The van der Waals surface area contributed by atoms with Crippen molar-refractivity contribution in [3.63, 3.8) is 0 Å². The number of piperidine rings is 1. The molecule has 2 amide bonds. The highest BCUT2D eigenvalue weighted by Gasteiger charge is 2.39. The Bertz CT molecular complexity index is 1060. The zero-order chi connectivity index (χ0) is 25.2. The zero-order valence-corrected chi connectivity index (χ0v) is 20.6. The largest absolute Gasteiger partial charge is 0.481 e. The van der Waals surface area contributed by atoms with Crippen molar-refractivity contribution in [2.24, 2.45) is 11.3 Å². The minimum atomic E-state index is -0.833. The third-order valence-corrected chi connectivity index (χ3v) is 7.34. The van der Waals surface area contributed by atoms with Gasteiger partial charge in [0.1, 0.15) is 12.6 Å². The number of fused-ring (bicyclic) bond motifs is 3. The Morgan fingerprint density at radius 1 is 1.03 bits per heavy atom. The average Bonchev–Trinajstić information content (AvgIpc) is 3.16. The fourth-order valence-electron chi connectivity index (χ4n) is 5.13. The van der Waals surface area contributed by atoms with Gasteiger partial charge in [-0.1, -0.05) is 62.4 Å². The van der Waals surface area contributed by atoms with Crippen LogP contribution in [0.25, 0.3) is 11.1 Å². The first-order valence-electron chi connectivity index (χ1n) is 12.3. The van der Waals surface area contributed by atoms with Gasteiger partial charge in [-0.25, -0.2) is 4.79 Å². The molecular weight excluding hydrogens is 444 g/mol. The van der Waals surface area contributed by atoms with Crippen molar-refractivity contribution in [3.8, 4) is 11.1 Å². The van der Waals surface area contributed by atoms with E-state index in [0.29, 0.717) is 32.4 Å². The molecule has 1 saturated heterocycles. The molecule has 35 heavy (non-hydrogen) atoms. The maximum Gasteiger partial charge on any atom is 0.407 e. The number of amides is 2. The van der Waals surface area contributed by atoms with Crippen molar-refractivity contribution in [2.75, 3.05) is 19.7 Å². The van der Waals surface area contributed by atoms with E-state index in [1.807, 2.05) is 38.1 Å². The lowest BCUT2D eigenvalue weighted by molar-refractivity contribution is -0.153. The highest BCUT2D eigenvalue weighted by molar-refractivity contribution is 5.86.